The molecule has 0 heterocycles. The number of aliphatic imine (C=N–C) groups is 1. The van der Waals surface area contributed by atoms with Crippen molar-refractivity contribution in [2.75, 3.05) is 18.5 Å². The number of anilines is 1. The van der Waals surface area contributed by atoms with Crippen LogP contribution in [0.4, 0.5) is 11.4 Å². The summed E-state index contributed by atoms with van der Waals surface area (Å²) in [5, 5.41) is 2.88. The van der Waals surface area contributed by atoms with Crippen LogP contribution in [0, 0.1) is 20.8 Å². The maximum absolute atomic E-state index is 12.2. The summed E-state index contributed by atoms with van der Waals surface area (Å²) in [6.07, 6.45) is 0. The predicted molar refractivity (Wildman–Crippen MR) is 126 cm³/mol. The van der Waals surface area contributed by atoms with Crippen LogP contribution in [0.25, 0.3) is 0 Å². The van der Waals surface area contributed by atoms with Gasteiger partial charge in [0.25, 0.3) is 5.91 Å². The number of para-hydroxylation sites is 1. The Balaban J connectivity index is 1.53. The second-order valence-corrected chi connectivity index (χ2v) is 7.55. The van der Waals surface area contributed by atoms with E-state index in [4.69, 9.17) is 9.47 Å². The summed E-state index contributed by atoms with van der Waals surface area (Å²) in [6, 6.07) is 21.2. The number of carbonyl (C=O) groups excluding carboxylic acids is 1. The molecule has 0 unspecified atom stereocenters. The molecule has 0 bridgehead atoms. The van der Waals surface area contributed by atoms with Crippen molar-refractivity contribution in [1.29, 1.82) is 0 Å². The van der Waals surface area contributed by atoms with Crippen LogP contribution in [0.2, 0.25) is 0 Å². The van der Waals surface area contributed by atoms with Gasteiger partial charge in [-0.3, -0.25) is 9.79 Å². The van der Waals surface area contributed by atoms with Gasteiger partial charge in [-0.05, 0) is 80.8 Å². The van der Waals surface area contributed by atoms with Crippen LogP contribution in [-0.4, -0.2) is 24.8 Å². The van der Waals surface area contributed by atoms with Crippen LogP contribution in [0.3, 0.4) is 0 Å². The summed E-state index contributed by atoms with van der Waals surface area (Å²) in [5.74, 6) is 1.20. The molecule has 0 saturated carbocycles. The zero-order valence-corrected chi connectivity index (χ0v) is 18.4. The summed E-state index contributed by atoms with van der Waals surface area (Å²) >= 11 is 0. The Morgan fingerprint density at radius 2 is 1.58 bits per heavy atom. The molecule has 31 heavy (non-hydrogen) atoms. The van der Waals surface area contributed by atoms with Gasteiger partial charge in [0.05, 0.1) is 11.4 Å². The minimum Gasteiger partial charge on any atom is -0.488 e. The van der Waals surface area contributed by atoms with E-state index in [9.17, 15) is 4.79 Å². The van der Waals surface area contributed by atoms with E-state index in [-0.39, 0.29) is 12.5 Å². The van der Waals surface area contributed by atoms with Crippen molar-refractivity contribution in [3.8, 4) is 11.5 Å². The summed E-state index contributed by atoms with van der Waals surface area (Å²) in [4.78, 5) is 16.9. The Hall–Kier alpha value is -3.60. The molecule has 5 nitrogen and oxygen atoms in total. The highest BCUT2D eigenvalue weighted by atomic mass is 16.5. The van der Waals surface area contributed by atoms with Gasteiger partial charge in [-0.15, -0.1) is 0 Å². The van der Waals surface area contributed by atoms with Gasteiger partial charge in [0.1, 0.15) is 18.1 Å². The maximum atomic E-state index is 12.2. The molecule has 3 aromatic rings. The minimum absolute atomic E-state index is 0.0459. The molecule has 0 atom stereocenters. The van der Waals surface area contributed by atoms with Crippen molar-refractivity contribution in [2.45, 2.75) is 27.7 Å². The zero-order valence-electron chi connectivity index (χ0n) is 18.4. The number of hydrogen-bond acceptors (Lipinski definition) is 4. The highest BCUT2D eigenvalue weighted by Gasteiger charge is 2.08. The van der Waals surface area contributed by atoms with E-state index < -0.39 is 0 Å². The van der Waals surface area contributed by atoms with E-state index in [1.807, 2.05) is 94.4 Å². The van der Waals surface area contributed by atoms with Crippen LogP contribution < -0.4 is 14.8 Å². The number of aryl methyl sites for hydroxylation is 3. The SMILES string of the molecule is CC(COc1ccc(NC(=O)COc2cccc(C)c2)c(C)c1)=Nc1ccccc1C. The van der Waals surface area contributed by atoms with Gasteiger partial charge in [0.2, 0.25) is 0 Å². The lowest BCUT2D eigenvalue weighted by Crippen LogP contribution is -2.20. The molecule has 1 amide bonds. The van der Waals surface area contributed by atoms with Gasteiger partial charge in [0, 0.05) is 5.69 Å². The van der Waals surface area contributed by atoms with E-state index in [0.29, 0.717) is 12.4 Å². The molecular formula is C26H28N2O3. The fraction of sp³-hybridized carbons (Fsp3) is 0.231. The Morgan fingerprint density at radius 1 is 0.839 bits per heavy atom. The Bertz CT molecular complexity index is 1090. The molecule has 0 radical (unpaired) electrons. The lowest BCUT2D eigenvalue weighted by Gasteiger charge is -2.12. The van der Waals surface area contributed by atoms with Crippen molar-refractivity contribution in [3.05, 3.63) is 83.4 Å². The van der Waals surface area contributed by atoms with Crippen LogP contribution in [0.5, 0.6) is 11.5 Å². The van der Waals surface area contributed by atoms with Gasteiger partial charge in [-0.25, -0.2) is 0 Å². The Morgan fingerprint density at radius 3 is 2.32 bits per heavy atom. The van der Waals surface area contributed by atoms with Crippen LogP contribution in [0.15, 0.2) is 71.7 Å². The molecule has 0 aliphatic rings. The van der Waals surface area contributed by atoms with Crippen LogP contribution in [-0.2, 0) is 4.79 Å². The summed E-state index contributed by atoms with van der Waals surface area (Å²) in [5.41, 5.74) is 5.70. The van der Waals surface area contributed by atoms with Crippen molar-refractivity contribution in [3.63, 3.8) is 0 Å². The van der Waals surface area contributed by atoms with Gasteiger partial charge in [-0.1, -0.05) is 30.3 Å². The molecular weight excluding hydrogens is 388 g/mol. The maximum Gasteiger partial charge on any atom is 0.262 e. The quantitative estimate of drug-likeness (QED) is 0.472. The first-order valence-corrected chi connectivity index (χ1v) is 10.2. The average molecular weight is 417 g/mol. The zero-order chi connectivity index (χ0) is 22.2. The molecule has 5 heteroatoms. The average Bonchev–Trinajstić information content (AvgIpc) is 2.74. The van der Waals surface area contributed by atoms with E-state index in [2.05, 4.69) is 10.3 Å². The number of carbonyl (C=O) groups is 1. The number of amides is 1. The topological polar surface area (TPSA) is 59.9 Å². The largest absolute Gasteiger partial charge is 0.488 e. The molecule has 0 aliphatic carbocycles. The number of ether oxygens (including phenoxy) is 2. The first-order valence-electron chi connectivity index (χ1n) is 10.2. The molecule has 160 valence electrons. The number of rotatable bonds is 8. The second kappa shape index (κ2) is 10.4. The first kappa shape index (κ1) is 22.1. The van der Waals surface area contributed by atoms with Crippen LogP contribution >= 0.6 is 0 Å². The normalized spacial score (nSPS) is 11.2. The van der Waals surface area contributed by atoms with E-state index in [1.54, 1.807) is 0 Å². The fourth-order valence-corrected chi connectivity index (χ4v) is 3.02. The third-order valence-corrected chi connectivity index (χ3v) is 4.71. The summed E-state index contributed by atoms with van der Waals surface area (Å²) in [7, 11) is 0. The third kappa shape index (κ3) is 6.71. The number of nitrogens with zero attached hydrogens (tertiary/aromatic N) is 1. The smallest absolute Gasteiger partial charge is 0.262 e. The van der Waals surface area contributed by atoms with E-state index in [1.165, 1.54) is 0 Å². The van der Waals surface area contributed by atoms with Gasteiger partial charge in [-0.2, -0.15) is 0 Å². The minimum atomic E-state index is -0.209. The highest BCUT2D eigenvalue weighted by Crippen LogP contribution is 2.22. The summed E-state index contributed by atoms with van der Waals surface area (Å²) < 4.78 is 11.4. The predicted octanol–water partition coefficient (Wildman–Crippen LogP) is 5.80. The molecule has 1 N–H and O–H groups in total. The van der Waals surface area contributed by atoms with Gasteiger partial charge >= 0.3 is 0 Å². The van der Waals surface area contributed by atoms with E-state index in [0.717, 1.165) is 39.5 Å². The monoisotopic (exact) mass is 416 g/mol. The highest BCUT2D eigenvalue weighted by molar-refractivity contribution is 5.92. The van der Waals surface area contributed by atoms with Crippen LogP contribution in [0.1, 0.15) is 23.6 Å². The summed E-state index contributed by atoms with van der Waals surface area (Å²) in [6.45, 7) is 8.24. The molecule has 3 rings (SSSR count). The third-order valence-electron chi connectivity index (χ3n) is 4.71. The molecule has 0 aliphatic heterocycles. The fourth-order valence-electron chi connectivity index (χ4n) is 3.02. The molecule has 0 spiro atoms. The Kier molecular flexibility index (Phi) is 7.44. The van der Waals surface area contributed by atoms with E-state index >= 15 is 0 Å². The number of nitrogens with one attached hydrogen (secondary N) is 1. The van der Waals surface area contributed by atoms with Gasteiger partial charge in [0.15, 0.2) is 6.61 Å². The van der Waals surface area contributed by atoms with Crippen molar-refractivity contribution in [1.82, 2.24) is 0 Å². The lowest BCUT2D eigenvalue weighted by atomic mass is 10.2. The van der Waals surface area contributed by atoms with Crippen molar-refractivity contribution >= 4 is 23.0 Å². The molecule has 3 aromatic carbocycles. The number of benzene rings is 3. The number of hydrogen-bond donors (Lipinski definition) is 1. The molecule has 0 fully saturated rings. The van der Waals surface area contributed by atoms with Crippen molar-refractivity contribution in [2.24, 2.45) is 4.99 Å². The lowest BCUT2D eigenvalue weighted by molar-refractivity contribution is -0.118. The van der Waals surface area contributed by atoms with Crippen molar-refractivity contribution < 1.29 is 14.3 Å². The Labute approximate surface area is 183 Å². The second-order valence-electron chi connectivity index (χ2n) is 7.55. The first-order chi connectivity index (χ1) is 14.9. The van der Waals surface area contributed by atoms with Gasteiger partial charge < -0.3 is 14.8 Å². The molecule has 0 saturated heterocycles. The standard InChI is InChI=1S/C26H28N2O3/c1-18-8-7-10-22(14-18)31-17-26(29)28-25-13-12-23(15-20(25)3)30-16-21(4)27-24-11-6-5-9-19(24)2/h5-15H,16-17H2,1-4H3,(H,28,29). The molecule has 0 aromatic heterocycles.